The summed E-state index contributed by atoms with van der Waals surface area (Å²) in [5.74, 6) is 1.24. The fourth-order valence-electron chi connectivity index (χ4n) is 10.8. The number of benzene rings is 3. The Morgan fingerprint density at radius 2 is 0.933 bits per heavy atom. The minimum absolute atomic E-state index is 0.0672. The number of aliphatic hydroxyl groups excluding tert-OH is 3. The van der Waals surface area contributed by atoms with Crippen LogP contribution in [0.1, 0.15) is 116 Å². The Bertz CT molecular complexity index is 1650. The first-order valence-electron chi connectivity index (χ1n) is 22.5. The first-order chi connectivity index (χ1) is 28.2. The standard InChI is InChI=1S/3C17H26ClNO/c1-12(2)15(20)16(19(3)4)17(10-5-11-17)13-6-8-14(18)9-7-13;1-12(2)9-16(19(3)4)17(10-15(20)11-17)13-5-7-14(18)8-6-13;1-13(12-20)11-16(19(2)3)17(9-4-10-17)14-5-7-15(18)8-6-14/h6-9,12,15-16,20H,5,10-11H2,1-4H3;5-8,12,15-16,20H,9-11H2,1-4H3;5-8,13,16,20H,4,9-12H2,1-3H3. The molecule has 3 fully saturated rings. The van der Waals surface area contributed by atoms with Gasteiger partial charge in [-0.25, -0.2) is 0 Å². The minimum atomic E-state index is -0.319. The van der Waals surface area contributed by atoms with Gasteiger partial charge in [-0.2, -0.15) is 0 Å². The Morgan fingerprint density at radius 1 is 0.567 bits per heavy atom. The molecule has 336 valence electrons. The molecule has 5 atom stereocenters. The third-order valence-electron chi connectivity index (χ3n) is 14.2. The molecule has 0 saturated heterocycles. The summed E-state index contributed by atoms with van der Waals surface area (Å²) < 4.78 is 0. The first kappa shape index (κ1) is 50.9. The zero-order valence-corrected chi connectivity index (χ0v) is 40.9. The minimum Gasteiger partial charge on any atom is -0.396 e. The molecule has 0 bridgehead atoms. The molecule has 9 heteroatoms. The normalized spacial score (nSPS) is 23.0. The monoisotopic (exact) mass is 886 g/mol. The van der Waals surface area contributed by atoms with Gasteiger partial charge in [-0.15, -0.1) is 0 Å². The molecule has 0 spiro atoms. The smallest absolute Gasteiger partial charge is 0.0726 e. The molecule has 0 aromatic heterocycles. The van der Waals surface area contributed by atoms with Gasteiger partial charge in [0.2, 0.25) is 0 Å². The van der Waals surface area contributed by atoms with E-state index in [2.05, 4.69) is 128 Å². The highest BCUT2D eigenvalue weighted by Gasteiger charge is 2.52. The zero-order valence-electron chi connectivity index (χ0n) is 38.6. The predicted octanol–water partition coefficient (Wildman–Crippen LogP) is 11.1. The molecule has 0 aliphatic heterocycles. The second kappa shape index (κ2) is 22.3. The quantitative estimate of drug-likeness (QED) is 0.133. The van der Waals surface area contributed by atoms with Crippen molar-refractivity contribution in [2.75, 3.05) is 48.9 Å². The summed E-state index contributed by atoms with van der Waals surface area (Å²) in [6, 6.07) is 25.8. The van der Waals surface area contributed by atoms with E-state index in [1.807, 2.05) is 36.4 Å². The summed E-state index contributed by atoms with van der Waals surface area (Å²) in [7, 11) is 12.8. The van der Waals surface area contributed by atoms with E-state index in [1.165, 1.54) is 42.4 Å². The molecule has 3 aliphatic rings. The lowest BCUT2D eigenvalue weighted by Crippen LogP contribution is -2.59. The third kappa shape index (κ3) is 11.9. The van der Waals surface area contributed by atoms with Crippen LogP contribution in [0, 0.1) is 17.8 Å². The topological polar surface area (TPSA) is 70.4 Å². The van der Waals surface area contributed by atoms with Gasteiger partial charge in [-0.05, 0) is 164 Å². The summed E-state index contributed by atoms with van der Waals surface area (Å²) in [5.41, 5.74) is 4.39. The number of hydrogen-bond donors (Lipinski definition) is 3. The number of nitrogens with zero attached hydrogens (tertiary/aromatic N) is 3. The predicted molar refractivity (Wildman–Crippen MR) is 256 cm³/mol. The van der Waals surface area contributed by atoms with E-state index >= 15 is 0 Å². The number of hydrogen-bond acceptors (Lipinski definition) is 6. The van der Waals surface area contributed by atoms with Gasteiger partial charge in [-0.1, -0.05) is 119 Å². The van der Waals surface area contributed by atoms with Gasteiger partial charge in [0.1, 0.15) is 0 Å². The van der Waals surface area contributed by atoms with Crippen LogP contribution in [-0.2, 0) is 16.2 Å². The van der Waals surface area contributed by atoms with Gasteiger partial charge in [0, 0.05) is 56.0 Å². The molecule has 3 saturated carbocycles. The van der Waals surface area contributed by atoms with Crippen LogP contribution in [0.5, 0.6) is 0 Å². The maximum absolute atomic E-state index is 10.7. The molecule has 6 rings (SSSR count). The Morgan fingerprint density at radius 3 is 1.22 bits per heavy atom. The average Bonchev–Trinajstić information content (AvgIpc) is 3.14. The van der Waals surface area contributed by atoms with Crippen LogP contribution in [0.2, 0.25) is 15.1 Å². The molecule has 5 unspecified atom stereocenters. The SMILES string of the molecule is CC(C)C(O)C(N(C)C)C1(c2ccc(Cl)cc2)CCC1.CC(C)CC(N(C)C)C1(c2ccc(Cl)cc2)CC(O)C1.CC(CO)CC(N(C)C)C1(c2ccc(Cl)cc2)CCC1. The largest absolute Gasteiger partial charge is 0.396 e. The fourth-order valence-corrected chi connectivity index (χ4v) is 11.1. The summed E-state index contributed by atoms with van der Waals surface area (Å²) in [5, 5.41) is 32.4. The Hall–Kier alpha value is -1.71. The lowest BCUT2D eigenvalue weighted by Gasteiger charge is -2.53. The molecule has 0 radical (unpaired) electrons. The summed E-state index contributed by atoms with van der Waals surface area (Å²) >= 11 is 18.1. The van der Waals surface area contributed by atoms with Crippen molar-refractivity contribution in [2.45, 2.75) is 145 Å². The summed E-state index contributed by atoms with van der Waals surface area (Å²) in [4.78, 5) is 6.85. The van der Waals surface area contributed by atoms with E-state index < -0.39 is 0 Å². The van der Waals surface area contributed by atoms with E-state index in [0.29, 0.717) is 23.9 Å². The summed E-state index contributed by atoms with van der Waals surface area (Å²) in [6.45, 7) is 11.1. The number of rotatable bonds is 16. The maximum atomic E-state index is 10.7. The molecule has 60 heavy (non-hydrogen) atoms. The highest BCUT2D eigenvalue weighted by atomic mass is 35.5. The van der Waals surface area contributed by atoms with E-state index in [-0.39, 0.29) is 47.0 Å². The van der Waals surface area contributed by atoms with Crippen molar-refractivity contribution in [1.29, 1.82) is 0 Å². The van der Waals surface area contributed by atoms with Crippen LogP contribution in [0.25, 0.3) is 0 Å². The lowest BCUT2D eigenvalue weighted by molar-refractivity contribution is -0.0304. The Labute approximate surface area is 379 Å². The van der Waals surface area contributed by atoms with E-state index in [0.717, 1.165) is 53.6 Å². The van der Waals surface area contributed by atoms with Gasteiger partial charge >= 0.3 is 0 Å². The van der Waals surface area contributed by atoms with Gasteiger partial charge < -0.3 is 30.0 Å². The van der Waals surface area contributed by atoms with Crippen molar-refractivity contribution in [1.82, 2.24) is 14.7 Å². The maximum Gasteiger partial charge on any atom is 0.0726 e. The molecular weight excluding hydrogens is 809 g/mol. The number of aliphatic hydroxyl groups is 3. The Kier molecular flexibility index (Phi) is 18.9. The van der Waals surface area contributed by atoms with Crippen LogP contribution in [0.15, 0.2) is 72.8 Å². The third-order valence-corrected chi connectivity index (χ3v) is 15.0. The highest BCUT2D eigenvalue weighted by molar-refractivity contribution is 6.31. The van der Waals surface area contributed by atoms with Crippen molar-refractivity contribution in [2.24, 2.45) is 17.8 Å². The Balaban J connectivity index is 0.000000198. The van der Waals surface area contributed by atoms with Crippen molar-refractivity contribution in [3.63, 3.8) is 0 Å². The highest BCUT2D eigenvalue weighted by Crippen LogP contribution is 2.52. The van der Waals surface area contributed by atoms with Gasteiger partial charge in [0.15, 0.2) is 0 Å². The molecule has 6 nitrogen and oxygen atoms in total. The second-order valence-electron chi connectivity index (χ2n) is 20.0. The van der Waals surface area contributed by atoms with Crippen LogP contribution < -0.4 is 0 Å². The molecule has 3 N–H and O–H groups in total. The van der Waals surface area contributed by atoms with E-state index in [9.17, 15) is 15.3 Å². The van der Waals surface area contributed by atoms with Crippen molar-refractivity contribution in [3.8, 4) is 0 Å². The van der Waals surface area contributed by atoms with Crippen molar-refractivity contribution in [3.05, 3.63) is 105 Å². The lowest BCUT2D eigenvalue weighted by atomic mass is 9.57. The van der Waals surface area contributed by atoms with Crippen LogP contribution in [0.3, 0.4) is 0 Å². The summed E-state index contributed by atoms with van der Waals surface area (Å²) in [6.07, 6.45) is 10.7. The van der Waals surface area contributed by atoms with Crippen molar-refractivity contribution < 1.29 is 15.3 Å². The molecule has 3 aromatic rings. The van der Waals surface area contributed by atoms with Crippen molar-refractivity contribution >= 4 is 34.8 Å². The molecular formula is C51H78Cl3N3O3. The van der Waals surface area contributed by atoms with Crippen LogP contribution in [-0.4, -0.2) is 109 Å². The molecule has 0 heterocycles. The van der Waals surface area contributed by atoms with Crippen LogP contribution in [0.4, 0.5) is 0 Å². The number of likely N-dealkylation sites (N-methyl/N-ethyl adjacent to an activating group) is 3. The molecule has 0 amide bonds. The average molecular weight is 888 g/mol. The zero-order chi connectivity index (χ0) is 44.6. The van der Waals surface area contributed by atoms with Crippen LogP contribution >= 0.6 is 34.8 Å². The van der Waals surface area contributed by atoms with E-state index in [4.69, 9.17) is 34.8 Å². The van der Waals surface area contributed by atoms with Gasteiger partial charge in [-0.3, -0.25) is 0 Å². The second-order valence-corrected chi connectivity index (χ2v) is 21.3. The number of halogens is 3. The fraction of sp³-hybridized carbons (Fsp3) is 0.647. The molecule has 3 aliphatic carbocycles. The van der Waals surface area contributed by atoms with Gasteiger partial charge in [0.05, 0.1) is 12.2 Å². The first-order valence-corrected chi connectivity index (χ1v) is 23.6. The van der Waals surface area contributed by atoms with Gasteiger partial charge in [0.25, 0.3) is 0 Å². The molecule has 3 aromatic carbocycles. The van der Waals surface area contributed by atoms with E-state index in [1.54, 1.807) is 0 Å².